The van der Waals surface area contributed by atoms with Gasteiger partial charge < -0.3 is 15.2 Å². The first kappa shape index (κ1) is 15.6. The number of aromatic carboxylic acids is 1. The van der Waals surface area contributed by atoms with E-state index >= 15 is 0 Å². The van der Waals surface area contributed by atoms with Gasteiger partial charge >= 0.3 is 5.97 Å². The Morgan fingerprint density at radius 2 is 2.05 bits per heavy atom. The summed E-state index contributed by atoms with van der Waals surface area (Å²) in [5.41, 5.74) is 0.0791. The summed E-state index contributed by atoms with van der Waals surface area (Å²) in [6, 6.07) is 4.39. The Balaban J connectivity index is 1.96. The fourth-order valence-electron chi connectivity index (χ4n) is 2.36. The lowest BCUT2D eigenvalue weighted by molar-refractivity contribution is -0.127. The number of halogens is 1. The van der Waals surface area contributed by atoms with E-state index in [0.29, 0.717) is 5.75 Å². The van der Waals surface area contributed by atoms with E-state index in [-0.39, 0.29) is 22.5 Å². The van der Waals surface area contributed by atoms with Gasteiger partial charge in [0.25, 0.3) is 5.91 Å². The number of carbonyl (C=O) groups excluding carboxylic acids is 1. The summed E-state index contributed by atoms with van der Waals surface area (Å²) in [6.45, 7) is 1.64. The molecule has 0 bridgehead atoms. The first-order chi connectivity index (χ1) is 9.97. The topological polar surface area (TPSA) is 75.6 Å². The SMILES string of the molecule is CC(Oc1ccc(C(=O)O)cc1Cl)C(=O)NC1CCCC1. The molecule has 1 aliphatic carbocycles. The summed E-state index contributed by atoms with van der Waals surface area (Å²) >= 11 is 5.97. The number of hydrogen-bond donors (Lipinski definition) is 2. The van der Waals surface area contributed by atoms with Crippen molar-refractivity contribution in [3.63, 3.8) is 0 Å². The Labute approximate surface area is 128 Å². The summed E-state index contributed by atoms with van der Waals surface area (Å²) in [7, 11) is 0. The van der Waals surface area contributed by atoms with Crippen LogP contribution in [0.2, 0.25) is 5.02 Å². The van der Waals surface area contributed by atoms with E-state index in [2.05, 4.69) is 5.32 Å². The highest BCUT2D eigenvalue weighted by Crippen LogP contribution is 2.26. The van der Waals surface area contributed by atoms with Gasteiger partial charge in [0.05, 0.1) is 10.6 Å². The minimum atomic E-state index is -1.06. The largest absolute Gasteiger partial charge is 0.479 e. The van der Waals surface area contributed by atoms with Crippen molar-refractivity contribution in [2.75, 3.05) is 0 Å². The highest BCUT2D eigenvalue weighted by Gasteiger charge is 2.22. The van der Waals surface area contributed by atoms with Crippen molar-refractivity contribution in [1.29, 1.82) is 0 Å². The lowest BCUT2D eigenvalue weighted by Crippen LogP contribution is -2.41. The average molecular weight is 312 g/mol. The van der Waals surface area contributed by atoms with E-state index in [1.165, 1.54) is 18.2 Å². The van der Waals surface area contributed by atoms with Gasteiger partial charge in [-0.2, -0.15) is 0 Å². The number of amides is 1. The zero-order chi connectivity index (χ0) is 15.4. The van der Waals surface area contributed by atoms with Gasteiger partial charge in [-0.1, -0.05) is 24.4 Å². The summed E-state index contributed by atoms with van der Waals surface area (Å²) in [4.78, 5) is 22.8. The molecule has 5 nitrogen and oxygen atoms in total. The minimum Gasteiger partial charge on any atom is -0.479 e. The van der Waals surface area contributed by atoms with Gasteiger partial charge in [0.15, 0.2) is 6.10 Å². The quantitative estimate of drug-likeness (QED) is 0.876. The van der Waals surface area contributed by atoms with Crippen LogP contribution in [0.3, 0.4) is 0 Å². The maximum absolute atomic E-state index is 12.0. The third-order valence-electron chi connectivity index (χ3n) is 3.55. The molecule has 2 rings (SSSR count). The highest BCUT2D eigenvalue weighted by molar-refractivity contribution is 6.32. The van der Waals surface area contributed by atoms with Crippen LogP contribution in [0.15, 0.2) is 18.2 Å². The molecule has 0 aliphatic heterocycles. The van der Waals surface area contributed by atoms with Crippen molar-refractivity contribution in [3.8, 4) is 5.75 Å². The number of rotatable bonds is 5. The normalized spacial score (nSPS) is 16.5. The van der Waals surface area contributed by atoms with E-state index in [9.17, 15) is 9.59 Å². The molecule has 1 amide bonds. The lowest BCUT2D eigenvalue weighted by atomic mass is 10.2. The standard InChI is InChI=1S/C15H18ClNO4/c1-9(14(18)17-11-4-2-3-5-11)21-13-7-6-10(15(19)20)8-12(13)16/h6-9,11H,2-5H2,1H3,(H,17,18)(H,19,20). The Kier molecular flexibility index (Phi) is 5.07. The van der Waals surface area contributed by atoms with Gasteiger partial charge in [0.2, 0.25) is 0 Å². The number of carbonyl (C=O) groups is 2. The van der Waals surface area contributed by atoms with Gasteiger partial charge in [-0.3, -0.25) is 4.79 Å². The molecule has 0 aromatic heterocycles. The molecule has 0 spiro atoms. The zero-order valence-electron chi connectivity index (χ0n) is 11.8. The first-order valence-electron chi connectivity index (χ1n) is 6.97. The average Bonchev–Trinajstić information content (AvgIpc) is 2.93. The van der Waals surface area contributed by atoms with Gasteiger partial charge in [-0.15, -0.1) is 0 Å². The maximum Gasteiger partial charge on any atom is 0.335 e. The van der Waals surface area contributed by atoms with Crippen LogP contribution < -0.4 is 10.1 Å². The molecule has 0 radical (unpaired) electrons. The molecule has 0 saturated heterocycles. The van der Waals surface area contributed by atoms with Gasteiger partial charge in [0, 0.05) is 6.04 Å². The van der Waals surface area contributed by atoms with E-state index in [1.807, 2.05) is 0 Å². The molecule has 2 N–H and O–H groups in total. The molecule has 0 heterocycles. The van der Waals surface area contributed by atoms with Crippen LogP contribution >= 0.6 is 11.6 Å². The molecule has 21 heavy (non-hydrogen) atoms. The maximum atomic E-state index is 12.0. The fraction of sp³-hybridized carbons (Fsp3) is 0.467. The number of hydrogen-bond acceptors (Lipinski definition) is 3. The molecule has 1 saturated carbocycles. The molecule has 1 aromatic rings. The second-order valence-corrected chi connectivity index (χ2v) is 5.61. The van der Waals surface area contributed by atoms with Crippen LogP contribution in [0.25, 0.3) is 0 Å². The molecule has 1 atom stereocenters. The smallest absolute Gasteiger partial charge is 0.335 e. The minimum absolute atomic E-state index is 0.0791. The van der Waals surface area contributed by atoms with Crippen molar-refractivity contribution in [2.45, 2.75) is 44.8 Å². The van der Waals surface area contributed by atoms with Crippen LogP contribution in [-0.2, 0) is 4.79 Å². The van der Waals surface area contributed by atoms with Crippen molar-refractivity contribution in [3.05, 3.63) is 28.8 Å². The van der Waals surface area contributed by atoms with Gasteiger partial charge in [-0.05, 0) is 38.0 Å². The lowest BCUT2D eigenvalue weighted by Gasteiger charge is -2.18. The van der Waals surface area contributed by atoms with Crippen molar-refractivity contribution in [2.24, 2.45) is 0 Å². The second-order valence-electron chi connectivity index (χ2n) is 5.20. The monoisotopic (exact) mass is 311 g/mol. The Hall–Kier alpha value is -1.75. The van der Waals surface area contributed by atoms with E-state index in [4.69, 9.17) is 21.4 Å². The number of nitrogens with one attached hydrogen (secondary N) is 1. The Morgan fingerprint density at radius 3 is 2.62 bits per heavy atom. The molecular weight excluding hydrogens is 294 g/mol. The molecular formula is C15H18ClNO4. The second kappa shape index (κ2) is 6.80. The van der Waals surface area contributed by atoms with Gasteiger partial charge in [0.1, 0.15) is 5.75 Å². The molecule has 114 valence electrons. The third-order valence-corrected chi connectivity index (χ3v) is 3.85. The first-order valence-corrected chi connectivity index (χ1v) is 7.35. The third kappa shape index (κ3) is 4.11. The number of ether oxygens (including phenoxy) is 1. The number of carboxylic acids is 1. The van der Waals surface area contributed by atoms with E-state index in [1.54, 1.807) is 6.92 Å². The van der Waals surface area contributed by atoms with E-state index < -0.39 is 12.1 Å². The Morgan fingerprint density at radius 1 is 1.38 bits per heavy atom. The summed E-state index contributed by atoms with van der Waals surface area (Å²) in [5, 5.41) is 12.0. The number of carboxylic acid groups (broad SMARTS) is 1. The van der Waals surface area contributed by atoms with Crippen LogP contribution in [0.5, 0.6) is 5.75 Å². The Bertz CT molecular complexity index is 540. The summed E-state index contributed by atoms with van der Waals surface area (Å²) in [5.74, 6) is -0.938. The van der Waals surface area contributed by atoms with E-state index in [0.717, 1.165) is 25.7 Å². The fourth-order valence-corrected chi connectivity index (χ4v) is 2.59. The zero-order valence-corrected chi connectivity index (χ0v) is 12.5. The molecule has 1 aromatic carbocycles. The van der Waals surface area contributed by atoms with Crippen molar-refractivity contribution < 1.29 is 19.4 Å². The van der Waals surface area contributed by atoms with Gasteiger partial charge in [-0.25, -0.2) is 4.79 Å². The molecule has 1 unspecified atom stereocenters. The predicted octanol–water partition coefficient (Wildman–Crippen LogP) is 2.86. The van der Waals surface area contributed by atoms with Crippen LogP contribution in [0.4, 0.5) is 0 Å². The highest BCUT2D eigenvalue weighted by atomic mass is 35.5. The van der Waals surface area contributed by atoms with Crippen molar-refractivity contribution >= 4 is 23.5 Å². The molecule has 1 fully saturated rings. The summed E-state index contributed by atoms with van der Waals surface area (Å²) < 4.78 is 5.52. The molecule has 6 heteroatoms. The van der Waals surface area contributed by atoms with Crippen LogP contribution in [0, 0.1) is 0 Å². The predicted molar refractivity (Wildman–Crippen MR) is 78.9 cm³/mol. The summed E-state index contributed by atoms with van der Waals surface area (Å²) in [6.07, 6.45) is 3.61. The van der Waals surface area contributed by atoms with Crippen LogP contribution in [0.1, 0.15) is 43.0 Å². The number of benzene rings is 1. The van der Waals surface area contributed by atoms with Crippen LogP contribution in [-0.4, -0.2) is 29.1 Å². The van der Waals surface area contributed by atoms with Crippen molar-refractivity contribution in [1.82, 2.24) is 5.32 Å². The molecule has 1 aliphatic rings.